The maximum absolute atomic E-state index is 5.30. The quantitative estimate of drug-likeness (QED) is 0.164. The number of rotatable bonds is 7. The number of hydrogen-bond donors (Lipinski definition) is 0. The van der Waals surface area contributed by atoms with E-state index >= 15 is 0 Å². The van der Waals surface area contributed by atoms with E-state index < -0.39 is 0 Å². The highest BCUT2D eigenvalue weighted by Crippen LogP contribution is 2.54. The van der Waals surface area contributed by atoms with E-state index in [0.29, 0.717) is 5.92 Å². The van der Waals surface area contributed by atoms with Crippen molar-refractivity contribution in [3.05, 3.63) is 216 Å². The van der Waals surface area contributed by atoms with Crippen LogP contribution in [0.1, 0.15) is 66.8 Å². The monoisotopic (exact) mass is 733 g/mol. The Morgan fingerprint density at radius 2 is 1.12 bits per heavy atom. The molecule has 0 radical (unpaired) electrons. The smallest absolute Gasteiger partial charge is 0.160 e. The molecule has 0 fully saturated rings. The largest absolute Gasteiger partial charge is 0.265 e. The number of benzene rings is 5. The van der Waals surface area contributed by atoms with Gasteiger partial charge < -0.3 is 0 Å². The van der Waals surface area contributed by atoms with Gasteiger partial charge >= 0.3 is 0 Å². The van der Waals surface area contributed by atoms with Crippen LogP contribution in [-0.2, 0) is 5.41 Å². The van der Waals surface area contributed by atoms with Crippen LogP contribution < -0.4 is 0 Å². The molecule has 0 spiro atoms. The first-order valence-electron chi connectivity index (χ1n) is 20.1. The van der Waals surface area contributed by atoms with E-state index in [1.807, 2.05) is 12.4 Å². The van der Waals surface area contributed by atoms with Crippen molar-refractivity contribution < 1.29 is 0 Å². The van der Waals surface area contributed by atoms with Crippen molar-refractivity contribution in [2.45, 2.75) is 44.4 Å². The molecule has 5 aromatic carbocycles. The molecule has 7 aromatic rings. The van der Waals surface area contributed by atoms with Crippen molar-refractivity contribution in [3.63, 3.8) is 0 Å². The van der Waals surface area contributed by atoms with Crippen molar-refractivity contribution in [1.29, 1.82) is 0 Å². The number of pyridine rings is 1. The van der Waals surface area contributed by atoms with Gasteiger partial charge in [0.25, 0.3) is 0 Å². The molecule has 1 unspecified atom stereocenters. The van der Waals surface area contributed by atoms with Crippen LogP contribution in [0.2, 0.25) is 0 Å². The minimum atomic E-state index is -0.0324. The fourth-order valence-corrected chi connectivity index (χ4v) is 9.09. The van der Waals surface area contributed by atoms with E-state index in [4.69, 9.17) is 9.97 Å². The Morgan fingerprint density at radius 1 is 0.509 bits per heavy atom. The molecule has 3 aliphatic rings. The Bertz CT molecular complexity index is 2710. The summed E-state index contributed by atoms with van der Waals surface area (Å²) in [6, 6.07) is 52.1. The van der Waals surface area contributed by atoms with Gasteiger partial charge in [-0.15, -0.1) is 0 Å². The summed E-state index contributed by atoms with van der Waals surface area (Å²) in [5.74, 6) is 1.14. The third-order valence-corrected chi connectivity index (χ3v) is 12.1. The molecule has 0 N–H and O–H groups in total. The number of fused-ring (bicyclic) bond motifs is 3. The summed E-state index contributed by atoms with van der Waals surface area (Å²) in [6.45, 7) is 4.78. The lowest BCUT2D eigenvalue weighted by Crippen LogP contribution is -2.17. The van der Waals surface area contributed by atoms with Crippen molar-refractivity contribution in [2.75, 3.05) is 0 Å². The number of hydrogen-bond acceptors (Lipinski definition) is 3. The summed E-state index contributed by atoms with van der Waals surface area (Å²) in [4.78, 5) is 14.8. The van der Waals surface area contributed by atoms with Gasteiger partial charge in [-0.25, -0.2) is 9.97 Å². The van der Waals surface area contributed by atoms with E-state index in [0.717, 1.165) is 53.2 Å². The van der Waals surface area contributed by atoms with Crippen LogP contribution in [-0.4, -0.2) is 15.0 Å². The Morgan fingerprint density at radius 3 is 1.88 bits per heavy atom. The first-order chi connectivity index (χ1) is 28.0. The van der Waals surface area contributed by atoms with Crippen LogP contribution in [0, 0.1) is 0 Å². The zero-order valence-corrected chi connectivity index (χ0v) is 32.4. The lowest BCUT2D eigenvalue weighted by molar-refractivity contribution is 0.613. The highest BCUT2D eigenvalue weighted by molar-refractivity contribution is 5.90. The summed E-state index contributed by atoms with van der Waals surface area (Å²) < 4.78 is 0. The van der Waals surface area contributed by atoms with Gasteiger partial charge in [0.05, 0.1) is 11.4 Å². The standard InChI is InChI=1S/C54H43N3/c1-54(2)49-22-10-9-21-47(49)48-24-23-43(34-50(48)54)45-31-44(42-20-12-19-41(30-42)40-18-11-17-39(29-40)36-25-27-55-28-26-36)32-46(33-45)53-56-51(37-13-5-3-6-14-37)35-52(57-53)38-15-7-4-8-16-38/h3-11,13-19,21-23,25-35,48H,12,20,24H2,1-2H3. The van der Waals surface area contributed by atoms with Crippen molar-refractivity contribution in [2.24, 2.45) is 0 Å². The maximum Gasteiger partial charge on any atom is 0.160 e. The van der Waals surface area contributed by atoms with Gasteiger partial charge in [0, 0.05) is 40.4 Å². The van der Waals surface area contributed by atoms with Crippen LogP contribution in [0.15, 0.2) is 188 Å². The van der Waals surface area contributed by atoms with Gasteiger partial charge in [-0.2, -0.15) is 0 Å². The molecular formula is C54H43N3. The van der Waals surface area contributed by atoms with E-state index in [1.54, 1.807) is 0 Å². The molecule has 0 amide bonds. The van der Waals surface area contributed by atoms with Crippen molar-refractivity contribution >= 4 is 16.7 Å². The molecule has 0 bridgehead atoms. The van der Waals surface area contributed by atoms with Gasteiger partial charge in [-0.1, -0.05) is 147 Å². The predicted octanol–water partition coefficient (Wildman–Crippen LogP) is 13.6. The van der Waals surface area contributed by atoms with E-state index in [9.17, 15) is 0 Å². The minimum absolute atomic E-state index is 0.0324. The highest BCUT2D eigenvalue weighted by Gasteiger charge is 2.42. The molecule has 2 heterocycles. The lowest BCUT2D eigenvalue weighted by Gasteiger charge is -2.27. The lowest BCUT2D eigenvalue weighted by atomic mass is 9.76. The molecule has 1 atom stereocenters. The van der Waals surface area contributed by atoms with Crippen LogP contribution in [0.4, 0.5) is 0 Å². The van der Waals surface area contributed by atoms with Gasteiger partial charge in [0.2, 0.25) is 0 Å². The molecule has 3 heteroatoms. The molecule has 3 aliphatic carbocycles. The minimum Gasteiger partial charge on any atom is -0.265 e. The molecule has 57 heavy (non-hydrogen) atoms. The summed E-state index contributed by atoms with van der Waals surface area (Å²) >= 11 is 0. The number of allylic oxidation sites excluding steroid dienone is 8. The second-order valence-electron chi connectivity index (χ2n) is 15.9. The molecule has 10 rings (SSSR count). The van der Waals surface area contributed by atoms with Crippen LogP contribution >= 0.6 is 0 Å². The predicted molar refractivity (Wildman–Crippen MR) is 236 cm³/mol. The number of aromatic nitrogens is 3. The Balaban J connectivity index is 1.12. The molecule has 2 aromatic heterocycles. The Labute approximate surface area is 335 Å². The highest BCUT2D eigenvalue weighted by atomic mass is 14.9. The summed E-state index contributed by atoms with van der Waals surface area (Å²) in [6.07, 6.45) is 16.4. The fourth-order valence-electron chi connectivity index (χ4n) is 9.09. The number of nitrogens with zero attached hydrogens (tertiary/aromatic N) is 3. The van der Waals surface area contributed by atoms with Crippen molar-refractivity contribution in [1.82, 2.24) is 15.0 Å². The summed E-state index contributed by atoms with van der Waals surface area (Å²) in [5, 5.41) is 0. The average Bonchev–Trinajstić information content (AvgIpc) is 3.52. The second-order valence-corrected chi connectivity index (χ2v) is 15.9. The van der Waals surface area contributed by atoms with Crippen molar-refractivity contribution in [3.8, 4) is 45.0 Å². The summed E-state index contributed by atoms with van der Waals surface area (Å²) in [5.41, 5.74) is 19.2. The molecular weight excluding hydrogens is 691 g/mol. The van der Waals surface area contributed by atoms with Gasteiger partial charge in [-0.3, -0.25) is 4.98 Å². The Kier molecular flexibility index (Phi) is 8.79. The molecule has 3 nitrogen and oxygen atoms in total. The zero-order chi connectivity index (χ0) is 38.3. The normalized spacial score (nSPS) is 16.8. The molecule has 0 saturated carbocycles. The zero-order valence-electron chi connectivity index (χ0n) is 32.4. The molecule has 274 valence electrons. The Hall–Kier alpha value is -6.71. The van der Waals surface area contributed by atoms with E-state index in [1.165, 1.54) is 61.2 Å². The molecule has 0 saturated heterocycles. The third-order valence-electron chi connectivity index (χ3n) is 12.1. The summed E-state index contributed by atoms with van der Waals surface area (Å²) in [7, 11) is 0. The van der Waals surface area contributed by atoms with Gasteiger partial charge in [-0.05, 0) is 117 Å². The second kappa shape index (κ2) is 14.4. The third kappa shape index (κ3) is 6.59. The maximum atomic E-state index is 5.30. The van der Waals surface area contributed by atoms with E-state index in [2.05, 4.69) is 189 Å². The van der Waals surface area contributed by atoms with Crippen LogP contribution in [0.3, 0.4) is 0 Å². The van der Waals surface area contributed by atoms with E-state index in [-0.39, 0.29) is 5.41 Å². The van der Waals surface area contributed by atoms with Gasteiger partial charge in [0.15, 0.2) is 5.82 Å². The topological polar surface area (TPSA) is 38.7 Å². The SMILES string of the molecule is CC1(C)C2=CC(c3cc(C4=CC(c5cccc(-c6ccncc6)c5)=CCC4)cc(-c4nc(-c5ccccc5)cc(-c5ccccc5)n4)c3)=CCC2c2ccccc21. The van der Waals surface area contributed by atoms with Gasteiger partial charge in [0.1, 0.15) is 0 Å². The first kappa shape index (κ1) is 34.8. The fraction of sp³-hybridized carbons (Fsp3) is 0.130. The first-order valence-corrected chi connectivity index (χ1v) is 20.1. The average molecular weight is 734 g/mol. The molecule has 0 aliphatic heterocycles. The van der Waals surface area contributed by atoms with Crippen LogP contribution in [0.5, 0.6) is 0 Å². The van der Waals surface area contributed by atoms with Crippen LogP contribution in [0.25, 0.3) is 61.7 Å².